The molecule has 4 rings (SSSR count). The van der Waals surface area contributed by atoms with Gasteiger partial charge in [-0.1, -0.05) is 61.0 Å². The van der Waals surface area contributed by atoms with Crippen molar-refractivity contribution in [3.05, 3.63) is 72.1 Å². The Labute approximate surface area is 184 Å². The zero-order valence-corrected chi connectivity index (χ0v) is 18.5. The Morgan fingerprint density at radius 2 is 1.87 bits per heavy atom. The van der Waals surface area contributed by atoms with Crippen LogP contribution in [0.5, 0.6) is 0 Å². The van der Waals surface area contributed by atoms with Gasteiger partial charge in [-0.15, -0.1) is 0 Å². The van der Waals surface area contributed by atoms with E-state index in [1.165, 1.54) is 30.5 Å². The predicted molar refractivity (Wildman–Crippen MR) is 126 cm³/mol. The largest absolute Gasteiger partial charge is 0.398 e. The highest BCUT2D eigenvalue weighted by atomic mass is 32.2. The Morgan fingerprint density at radius 3 is 2.47 bits per heavy atom. The normalized spacial score (nSPS) is 19.1. The Morgan fingerprint density at radius 1 is 1.13 bits per heavy atom. The van der Waals surface area contributed by atoms with Crippen LogP contribution in [0.3, 0.4) is 0 Å². The van der Waals surface area contributed by atoms with E-state index in [9.17, 15) is 4.39 Å². The third-order valence-corrected chi connectivity index (χ3v) is 6.64. The van der Waals surface area contributed by atoms with Crippen LogP contribution in [0.15, 0.2) is 55.1 Å². The Bertz CT molecular complexity index is 789. The molecule has 0 aliphatic carbocycles. The molecule has 0 aromatic heterocycles. The van der Waals surface area contributed by atoms with Crippen molar-refractivity contribution in [2.75, 3.05) is 44.8 Å². The van der Waals surface area contributed by atoms with Crippen molar-refractivity contribution in [3.63, 3.8) is 0 Å². The SMILES string of the molecule is C=Cc1c(N)cccc1F.CSN1CCC2(CC1)CN(Cc1ccccc1)CCO2. The summed E-state index contributed by atoms with van der Waals surface area (Å²) in [5.41, 5.74) is 7.74. The van der Waals surface area contributed by atoms with Crippen molar-refractivity contribution >= 4 is 23.7 Å². The van der Waals surface area contributed by atoms with E-state index in [2.05, 4.69) is 52.4 Å². The van der Waals surface area contributed by atoms with Crippen molar-refractivity contribution in [1.29, 1.82) is 0 Å². The van der Waals surface area contributed by atoms with Crippen LogP contribution in [-0.4, -0.2) is 53.8 Å². The van der Waals surface area contributed by atoms with E-state index in [-0.39, 0.29) is 11.4 Å². The maximum Gasteiger partial charge on any atom is 0.132 e. The first kappa shape index (κ1) is 22.8. The van der Waals surface area contributed by atoms with Crippen LogP contribution in [0.1, 0.15) is 24.0 Å². The number of halogens is 1. The third kappa shape index (κ3) is 6.08. The van der Waals surface area contributed by atoms with E-state index in [0.29, 0.717) is 11.3 Å². The van der Waals surface area contributed by atoms with E-state index in [1.807, 2.05) is 11.9 Å². The highest BCUT2D eigenvalue weighted by Crippen LogP contribution is 2.32. The molecule has 0 amide bonds. The molecule has 0 bridgehead atoms. The molecule has 1 spiro atoms. The van der Waals surface area contributed by atoms with Crippen LogP contribution in [0.25, 0.3) is 6.08 Å². The average Bonchev–Trinajstić information content (AvgIpc) is 2.76. The number of hydrogen-bond acceptors (Lipinski definition) is 5. The molecule has 4 nitrogen and oxygen atoms in total. The second-order valence-corrected chi connectivity index (χ2v) is 8.67. The number of piperidine rings is 1. The van der Waals surface area contributed by atoms with Crippen LogP contribution >= 0.6 is 11.9 Å². The van der Waals surface area contributed by atoms with Crippen LogP contribution in [0, 0.1) is 5.82 Å². The minimum Gasteiger partial charge on any atom is -0.398 e. The van der Waals surface area contributed by atoms with E-state index < -0.39 is 0 Å². The van der Waals surface area contributed by atoms with Crippen molar-refractivity contribution in [1.82, 2.24) is 9.21 Å². The summed E-state index contributed by atoms with van der Waals surface area (Å²) in [5.74, 6) is -0.324. The predicted octanol–water partition coefficient (Wildman–Crippen LogP) is 4.68. The van der Waals surface area contributed by atoms with E-state index in [4.69, 9.17) is 10.5 Å². The first-order chi connectivity index (χ1) is 14.5. The van der Waals surface area contributed by atoms with Crippen LogP contribution in [0.2, 0.25) is 0 Å². The van der Waals surface area contributed by atoms with Gasteiger partial charge in [-0.05, 0) is 36.8 Å². The smallest absolute Gasteiger partial charge is 0.132 e. The van der Waals surface area contributed by atoms with Crippen molar-refractivity contribution < 1.29 is 9.13 Å². The summed E-state index contributed by atoms with van der Waals surface area (Å²) in [7, 11) is 0. The Balaban J connectivity index is 0.000000216. The van der Waals surface area contributed by atoms with Gasteiger partial charge in [0.2, 0.25) is 0 Å². The van der Waals surface area contributed by atoms with Crippen molar-refractivity contribution in [2.24, 2.45) is 0 Å². The van der Waals surface area contributed by atoms with Gasteiger partial charge < -0.3 is 10.5 Å². The van der Waals surface area contributed by atoms with Gasteiger partial charge in [0.1, 0.15) is 5.82 Å². The Hall–Kier alpha value is -1.86. The monoisotopic (exact) mass is 429 g/mol. The fourth-order valence-corrected chi connectivity index (χ4v) is 4.60. The lowest BCUT2D eigenvalue weighted by Gasteiger charge is -2.47. The number of anilines is 1. The summed E-state index contributed by atoms with van der Waals surface area (Å²) in [5, 5.41) is 0. The topological polar surface area (TPSA) is 41.7 Å². The Kier molecular flexibility index (Phi) is 8.33. The lowest BCUT2D eigenvalue weighted by Crippen LogP contribution is -2.55. The number of morpholine rings is 1. The highest BCUT2D eigenvalue weighted by molar-refractivity contribution is 7.96. The van der Waals surface area contributed by atoms with Gasteiger partial charge in [0.25, 0.3) is 0 Å². The quantitative estimate of drug-likeness (QED) is 0.564. The lowest BCUT2D eigenvalue weighted by atomic mass is 9.90. The molecule has 2 N–H and O–H groups in total. The number of ether oxygens (including phenoxy) is 1. The molecular formula is C24H32FN3OS. The van der Waals surface area contributed by atoms with Gasteiger partial charge in [0.05, 0.1) is 12.2 Å². The molecule has 2 aromatic rings. The lowest BCUT2D eigenvalue weighted by molar-refractivity contribution is -0.131. The zero-order valence-electron chi connectivity index (χ0n) is 17.7. The summed E-state index contributed by atoms with van der Waals surface area (Å²) in [6.45, 7) is 9.82. The summed E-state index contributed by atoms with van der Waals surface area (Å²) in [6, 6.07) is 15.3. The second-order valence-electron chi connectivity index (χ2n) is 7.79. The minimum atomic E-state index is -0.324. The van der Waals surface area contributed by atoms with Gasteiger partial charge in [0.15, 0.2) is 0 Å². The van der Waals surface area contributed by atoms with Crippen molar-refractivity contribution in [3.8, 4) is 0 Å². The second kappa shape index (κ2) is 11.0. The van der Waals surface area contributed by atoms with E-state index in [0.717, 1.165) is 39.3 Å². The first-order valence-corrected chi connectivity index (χ1v) is 11.6. The number of hydrogen-bond donors (Lipinski definition) is 1. The molecule has 2 fully saturated rings. The van der Waals surface area contributed by atoms with Gasteiger partial charge in [-0.25, -0.2) is 4.39 Å². The molecule has 0 saturated carbocycles. The number of nitrogens with zero attached hydrogens (tertiary/aromatic N) is 2. The first-order valence-electron chi connectivity index (χ1n) is 10.4. The van der Waals surface area contributed by atoms with Gasteiger partial charge in [-0.2, -0.15) is 0 Å². The van der Waals surface area contributed by atoms with Crippen LogP contribution in [0.4, 0.5) is 10.1 Å². The van der Waals surface area contributed by atoms with Crippen LogP contribution < -0.4 is 5.73 Å². The number of nitrogen functional groups attached to an aromatic ring is 1. The zero-order chi connectivity index (χ0) is 21.4. The highest BCUT2D eigenvalue weighted by Gasteiger charge is 2.39. The molecular weight excluding hydrogens is 397 g/mol. The van der Waals surface area contributed by atoms with Gasteiger partial charge in [-0.3, -0.25) is 9.21 Å². The molecule has 2 saturated heterocycles. The molecule has 0 radical (unpaired) electrons. The molecule has 2 heterocycles. The molecule has 0 atom stereocenters. The van der Waals surface area contributed by atoms with E-state index >= 15 is 0 Å². The summed E-state index contributed by atoms with van der Waals surface area (Å²) in [4.78, 5) is 2.56. The van der Waals surface area contributed by atoms with E-state index in [1.54, 1.807) is 12.1 Å². The number of nitrogens with two attached hydrogens (primary N) is 1. The van der Waals surface area contributed by atoms with Gasteiger partial charge in [0, 0.05) is 44.0 Å². The number of benzene rings is 2. The standard InChI is InChI=1S/C16H24N2OS.C8H8FN/c1-20-18-9-7-16(8-10-18)14-17(11-12-19-16)13-15-5-3-2-4-6-15;1-2-6-7(9)4-3-5-8(6)10/h2-6H,7-14H2,1H3;2-5H,1,10H2. The molecule has 2 aliphatic rings. The minimum absolute atomic E-state index is 0.110. The number of rotatable bonds is 4. The molecule has 162 valence electrons. The fourth-order valence-electron chi connectivity index (χ4n) is 4.05. The summed E-state index contributed by atoms with van der Waals surface area (Å²) >= 11 is 1.86. The maximum absolute atomic E-state index is 12.7. The molecule has 30 heavy (non-hydrogen) atoms. The maximum atomic E-state index is 12.7. The average molecular weight is 430 g/mol. The molecule has 2 aliphatic heterocycles. The molecule has 6 heteroatoms. The third-order valence-electron chi connectivity index (χ3n) is 5.76. The fraction of sp³-hybridized carbons (Fsp3) is 0.417. The van der Waals surface area contributed by atoms with Crippen molar-refractivity contribution in [2.45, 2.75) is 25.0 Å². The molecule has 0 unspecified atom stereocenters. The van der Waals surface area contributed by atoms with Crippen LogP contribution in [-0.2, 0) is 11.3 Å². The summed E-state index contributed by atoms with van der Waals surface area (Å²) in [6.07, 6.45) is 5.91. The summed E-state index contributed by atoms with van der Waals surface area (Å²) < 4.78 is 21.3. The molecule has 2 aromatic carbocycles. The van der Waals surface area contributed by atoms with Gasteiger partial charge >= 0.3 is 0 Å².